The standard InChI is InChI=1S/C18H19N3OS/c1-23-20-13-14-6-2-3-7-16(14)15-9-10-17(19-12-15)21-11-5-4-8-18(21)22/h2-4,6-10,12,20H,5,11,13H2,1H3. The van der Waals surface area contributed by atoms with Crippen LogP contribution in [0.5, 0.6) is 0 Å². The third-order valence-electron chi connectivity index (χ3n) is 3.81. The number of carbonyl (C=O) groups is 1. The molecule has 1 aromatic carbocycles. The maximum atomic E-state index is 11.9. The molecule has 2 aromatic rings. The fourth-order valence-corrected chi connectivity index (χ4v) is 2.93. The van der Waals surface area contributed by atoms with Crippen molar-refractivity contribution < 1.29 is 4.79 Å². The van der Waals surface area contributed by atoms with Gasteiger partial charge in [0, 0.05) is 24.8 Å². The molecule has 4 nitrogen and oxygen atoms in total. The molecule has 0 fully saturated rings. The first-order valence-electron chi connectivity index (χ1n) is 7.58. The molecule has 118 valence electrons. The van der Waals surface area contributed by atoms with Crippen molar-refractivity contribution in [2.45, 2.75) is 13.0 Å². The highest BCUT2D eigenvalue weighted by Crippen LogP contribution is 2.25. The van der Waals surface area contributed by atoms with Crippen molar-refractivity contribution in [3.05, 3.63) is 60.3 Å². The molecule has 1 amide bonds. The molecular formula is C18H19N3OS. The number of carbonyl (C=O) groups excluding carboxylic acids is 1. The van der Waals surface area contributed by atoms with Crippen molar-refractivity contribution in [3.8, 4) is 11.1 Å². The van der Waals surface area contributed by atoms with Crippen molar-refractivity contribution in [2.75, 3.05) is 17.7 Å². The molecule has 1 N–H and O–H groups in total. The number of amides is 1. The summed E-state index contributed by atoms with van der Waals surface area (Å²) in [7, 11) is 0. The normalized spacial score (nSPS) is 14.3. The van der Waals surface area contributed by atoms with E-state index in [2.05, 4.69) is 21.8 Å². The first kappa shape index (κ1) is 15.8. The highest BCUT2D eigenvalue weighted by molar-refractivity contribution is 7.96. The quantitative estimate of drug-likeness (QED) is 0.856. The summed E-state index contributed by atoms with van der Waals surface area (Å²) < 4.78 is 3.28. The Balaban J connectivity index is 1.85. The molecule has 0 bridgehead atoms. The van der Waals surface area contributed by atoms with Crippen LogP contribution in [0.1, 0.15) is 12.0 Å². The van der Waals surface area contributed by atoms with E-state index >= 15 is 0 Å². The first-order chi connectivity index (χ1) is 11.3. The molecule has 5 heteroatoms. The lowest BCUT2D eigenvalue weighted by Gasteiger charge is -2.22. The van der Waals surface area contributed by atoms with E-state index in [9.17, 15) is 4.79 Å². The molecule has 0 saturated heterocycles. The first-order valence-corrected chi connectivity index (χ1v) is 8.80. The minimum absolute atomic E-state index is 0.000991. The zero-order chi connectivity index (χ0) is 16.1. The monoisotopic (exact) mass is 325 g/mol. The Kier molecular flexibility index (Phi) is 5.10. The highest BCUT2D eigenvalue weighted by Gasteiger charge is 2.16. The van der Waals surface area contributed by atoms with E-state index in [0.29, 0.717) is 12.4 Å². The van der Waals surface area contributed by atoms with Crippen molar-refractivity contribution in [2.24, 2.45) is 0 Å². The Morgan fingerprint density at radius 1 is 1.26 bits per heavy atom. The zero-order valence-electron chi connectivity index (χ0n) is 13.0. The topological polar surface area (TPSA) is 45.2 Å². The van der Waals surface area contributed by atoms with Gasteiger partial charge >= 0.3 is 0 Å². The lowest BCUT2D eigenvalue weighted by molar-refractivity contribution is -0.114. The predicted octanol–water partition coefficient (Wildman–Crippen LogP) is 3.41. The van der Waals surface area contributed by atoms with Crippen LogP contribution in [0.15, 0.2) is 54.7 Å². The second-order valence-electron chi connectivity index (χ2n) is 5.27. The van der Waals surface area contributed by atoms with E-state index in [0.717, 1.165) is 24.1 Å². The molecule has 0 atom stereocenters. The predicted molar refractivity (Wildman–Crippen MR) is 96.1 cm³/mol. The van der Waals surface area contributed by atoms with Crippen LogP contribution in [0, 0.1) is 0 Å². The molecule has 0 aliphatic carbocycles. The molecule has 2 heterocycles. The Labute approximate surface area is 140 Å². The number of anilines is 1. The van der Waals surface area contributed by atoms with Gasteiger partial charge in [0.15, 0.2) is 0 Å². The Hall–Kier alpha value is -2.11. The summed E-state index contributed by atoms with van der Waals surface area (Å²) >= 11 is 1.61. The number of rotatable bonds is 5. The average Bonchev–Trinajstić information content (AvgIpc) is 2.61. The van der Waals surface area contributed by atoms with Crippen LogP contribution in [0.3, 0.4) is 0 Å². The van der Waals surface area contributed by atoms with Crippen LogP contribution in [-0.4, -0.2) is 23.7 Å². The molecule has 23 heavy (non-hydrogen) atoms. The lowest BCUT2D eigenvalue weighted by Crippen LogP contribution is -2.33. The Bertz CT molecular complexity index is 712. The van der Waals surface area contributed by atoms with Gasteiger partial charge in [-0.25, -0.2) is 4.98 Å². The molecule has 3 rings (SSSR count). The lowest BCUT2D eigenvalue weighted by atomic mass is 10.0. The van der Waals surface area contributed by atoms with Gasteiger partial charge in [0.25, 0.3) is 5.91 Å². The van der Waals surface area contributed by atoms with Crippen LogP contribution >= 0.6 is 11.9 Å². The van der Waals surface area contributed by atoms with E-state index in [1.807, 2.05) is 42.8 Å². The van der Waals surface area contributed by atoms with Crippen LogP contribution in [0.2, 0.25) is 0 Å². The molecule has 0 unspecified atom stereocenters. The van der Waals surface area contributed by atoms with Crippen LogP contribution < -0.4 is 9.62 Å². The average molecular weight is 325 g/mol. The third kappa shape index (κ3) is 3.63. The van der Waals surface area contributed by atoms with Gasteiger partial charge in [0.05, 0.1) is 0 Å². The molecule has 1 aliphatic heterocycles. The molecule has 0 saturated carbocycles. The fraction of sp³-hybridized carbons (Fsp3) is 0.222. The van der Waals surface area contributed by atoms with E-state index < -0.39 is 0 Å². The van der Waals surface area contributed by atoms with Crippen LogP contribution in [-0.2, 0) is 11.3 Å². The number of hydrogen-bond acceptors (Lipinski definition) is 4. The maximum absolute atomic E-state index is 11.9. The SMILES string of the molecule is CSNCc1ccccc1-c1ccc(N2CCC=CC2=O)nc1. The summed E-state index contributed by atoms with van der Waals surface area (Å²) in [5, 5.41) is 0. The number of aromatic nitrogens is 1. The number of pyridine rings is 1. The van der Waals surface area contributed by atoms with Gasteiger partial charge in [-0.3, -0.25) is 14.4 Å². The minimum Gasteiger partial charge on any atom is -0.293 e. The highest BCUT2D eigenvalue weighted by atomic mass is 32.2. The summed E-state index contributed by atoms with van der Waals surface area (Å²) in [6.07, 6.45) is 8.25. The number of hydrogen-bond donors (Lipinski definition) is 1. The van der Waals surface area contributed by atoms with Gasteiger partial charge in [-0.2, -0.15) is 0 Å². The Morgan fingerprint density at radius 3 is 2.87 bits per heavy atom. The van der Waals surface area contributed by atoms with E-state index in [4.69, 9.17) is 0 Å². The van der Waals surface area contributed by atoms with Crippen LogP contribution in [0.4, 0.5) is 5.82 Å². The summed E-state index contributed by atoms with van der Waals surface area (Å²) in [6.45, 7) is 1.49. The van der Waals surface area contributed by atoms with Gasteiger partial charge in [-0.15, -0.1) is 0 Å². The van der Waals surface area contributed by atoms with E-state index in [1.54, 1.807) is 22.9 Å². The number of nitrogens with zero attached hydrogens (tertiary/aromatic N) is 2. The maximum Gasteiger partial charge on any atom is 0.251 e. The molecule has 0 radical (unpaired) electrons. The zero-order valence-corrected chi connectivity index (χ0v) is 13.8. The van der Waals surface area contributed by atoms with Gasteiger partial charge in [0.2, 0.25) is 0 Å². The third-order valence-corrected chi connectivity index (χ3v) is 4.24. The second-order valence-corrected chi connectivity index (χ2v) is 5.97. The van der Waals surface area contributed by atoms with Gasteiger partial charge < -0.3 is 0 Å². The minimum atomic E-state index is 0.000991. The van der Waals surface area contributed by atoms with Crippen molar-refractivity contribution in [1.29, 1.82) is 0 Å². The summed E-state index contributed by atoms with van der Waals surface area (Å²) in [5.41, 5.74) is 3.46. The fourth-order valence-electron chi connectivity index (χ4n) is 2.63. The van der Waals surface area contributed by atoms with Gasteiger partial charge in [-0.05, 0) is 42.0 Å². The molecular weight excluding hydrogens is 306 g/mol. The van der Waals surface area contributed by atoms with E-state index in [-0.39, 0.29) is 5.91 Å². The van der Waals surface area contributed by atoms with Crippen molar-refractivity contribution in [1.82, 2.24) is 9.71 Å². The second kappa shape index (κ2) is 7.44. The largest absolute Gasteiger partial charge is 0.293 e. The summed E-state index contributed by atoms with van der Waals surface area (Å²) in [6, 6.07) is 12.2. The molecule has 0 spiro atoms. The molecule has 1 aromatic heterocycles. The van der Waals surface area contributed by atoms with Crippen molar-refractivity contribution in [3.63, 3.8) is 0 Å². The smallest absolute Gasteiger partial charge is 0.251 e. The van der Waals surface area contributed by atoms with Gasteiger partial charge in [0.1, 0.15) is 5.82 Å². The Morgan fingerprint density at radius 2 is 2.13 bits per heavy atom. The van der Waals surface area contributed by atoms with Gasteiger partial charge in [-0.1, -0.05) is 42.3 Å². The summed E-state index contributed by atoms with van der Waals surface area (Å²) in [4.78, 5) is 18.1. The summed E-state index contributed by atoms with van der Waals surface area (Å²) in [5.74, 6) is 0.712. The van der Waals surface area contributed by atoms with E-state index in [1.165, 1.54) is 5.56 Å². The van der Waals surface area contributed by atoms with Crippen molar-refractivity contribution >= 4 is 23.7 Å². The number of nitrogens with one attached hydrogen (secondary N) is 1. The van der Waals surface area contributed by atoms with Crippen LogP contribution in [0.25, 0.3) is 11.1 Å². The number of benzene rings is 1. The molecule has 1 aliphatic rings.